The lowest BCUT2D eigenvalue weighted by Crippen LogP contribution is -2.30. The minimum Gasteiger partial charge on any atom is -0.328 e. The Kier molecular flexibility index (Phi) is 5.22. The first-order valence-electron chi connectivity index (χ1n) is 4.69. The maximum Gasteiger partial charge on any atom is 0.153 e. The van der Waals surface area contributed by atoms with Crippen LogP contribution in [0.3, 0.4) is 0 Å². The molecular weight excluding hydrogens is 238 g/mol. The molecule has 0 saturated heterocycles. The van der Waals surface area contributed by atoms with E-state index in [1.165, 1.54) is 0 Å². The van der Waals surface area contributed by atoms with Crippen molar-refractivity contribution in [1.82, 2.24) is 0 Å². The maximum absolute atomic E-state index is 11.6. The standard InChI is InChI=1S/C8H19NO4S2/c1-7(9)6-8(2)15(12,13)5-4-14(3,10)11/h7-8H,4-6,9H2,1-3H3. The Hall–Kier alpha value is -0.140. The number of hydrogen-bond acceptors (Lipinski definition) is 5. The molecule has 0 rings (SSSR count). The SMILES string of the molecule is CC(N)CC(C)S(=O)(=O)CCS(C)(=O)=O. The van der Waals surface area contributed by atoms with Gasteiger partial charge in [-0.3, -0.25) is 0 Å². The average molecular weight is 257 g/mol. The summed E-state index contributed by atoms with van der Waals surface area (Å²) in [4.78, 5) is 0. The third-order valence-electron chi connectivity index (χ3n) is 2.06. The van der Waals surface area contributed by atoms with Crippen LogP contribution in [-0.2, 0) is 19.7 Å². The molecule has 0 aromatic carbocycles. The highest BCUT2D eigenvalue weighted by molar-refractivity contribution is 7.95. The largest absolute Gasteiger partial charge is 0.328 e. The van der Waals surface area contributed by atoms with E-state index in [4.69, 9.17) is 5.73 Å². The van der Waals surface area contributed by atoms with Crippen LogP contribution in [0.1, 0.15) is 20.3 Å². The van der Waals surface area contributed by atoms with Crippen LogP contribution in [0.4, 0.5) is 0 Å². The molecule has 2 atom stereocenters. The predicted octanol–water partition coefficient (Wildman–Crippen LogP) is -0.428. The van der Waals surface area contributed by atoms with Crippen LogP contribution in [0.2, 0.25) is 0 Å². The molecule has 15 heavy (non-hydrogen) atoms. The zero-order chi connectivity index (χ0) is 12.3. The third-order valence-corrected chi connectivity index (χ3v) is 5.45. The number of rotatable bonds is 6. The zero-order valence-corrected chi connectivity index (χ0v) is 10.9. The molecule has 0 spiro atoms. The molecule has 0 aliphatic heterocycles. The summed E-state index contributed by atoms with van der Waals surface area (Å²) in [5.41, 5.74) is 5.49. The molecule has 92 valence electrons. The summed E-state index contributed by atoms with van der Waals surface area (Å²) in [5, 5.41) is -0.584. The summed E-state index contributed by atoms with van der Waals surface area (Å²) in [6.45, 7) is 3.28. The van der Waals surface area contributed by atoms with Crippen molar-refractivity contribution in [3.8, 4) is 0 Å². The second-order valence-corrected chi connectivity index (χ2v) is 8.82. The van der Waals surface area contributed by atoms with E-state index in [0.29, 0.717) is 6.42 Å². The molecule has 0 aliphatic carbocycles. The van der Waals surface area contributed by atoms with Crippen molar-refractivity contribution < 1.29 is 16.8 Å². The van der Waals surface area contributed by atoms with E-state index in [2.05, 4.69) is 0 Å². The van der Waals surface area contributed by atoms with Crippen LogP contribution in [0, 0.1) is 0 Å². The molecule has 0 aromatic rings. The van der Waals surface area contributed by atoms with Gasteiger partial charge in [-0.15, -0.1) is 0 Å². The monoisotopic (exact) mass is 257 g/mol. The van der Waals surface area contributed by atoms with Gasteiger partial charge in [0, 0.05) is 12.3 Å². The van der Waals surface area contributed by atoms with Crippen LogP contribution < -0.4 is 5.73 Å². The molecule has 5 nitrogen and oxygen atoms in total. The van der Waals surface area contributed by atoms with Gasteiger partial charge in [0.1, 0.15) is 9.84 Å². The lowest BCUT2D eigenvalue weighted by molar-refractivity contribution is 0.562. The van der Waals surface area contributed by atoms with E-state index >= 15 is 0 Å². The molecule has 0 aliphatic rings. The number of hydrogen-bond donors (Lipinski definition) is 1. The summed E-state index contributed by atoms with van der Waals surface area (Å²) in [7, 11) is -6.58. The fourth-order valence-corrected chi connectivity index (χ4v) is 4.28. The normalized spacial score (nSPS) is 17.3. The Morgan fingerprint density at radius 2 is 1.53 bits per heavy atom. The van der Waals surface area contributed by atoms with Crippen molar-refractivity contribution in [2.45, 2.75) is 31.6 Å². The highest BCUT2D eigenvalue weighted by Gasteiger charge is 2.23. The van der Waals surface area contributed by atoms with Gasteiger partial charge in [-0.1, -0.05) is 0 Å². The summed E-state index contributed by atoms with van der Waals surface area (Å²) in [5.74, 6) is -0.641. The van der Waals surface area contributed by atoms with E-state index in [1.807, 2.05) is 0 Å². The Morgan fingerprint density at radius 1 is 1.07 bits per heavy atom. The zero-order valence-electron chi connectivity index (χ0n) is 9.30. The topological polar surface area (TPSA) is 94.3 Å². The minimum atomic E-state index is -3.35. The Bertz CT molecular complexity index is 383. The van der Waals surface area contributed by atoms with E-state index in [1.54, 1.807) is 13.8 Å². The smallest absolute Gasteiger partial charge is 0.153 e. The Balaban J connectivity index is 4.43. The van der Waals surface area contributed by atoms with Gasteiger partial charge in [-0.25, -0.2) is 16.8 Å². The average Bonchev–Trinajstić information content (AvgIpc) is 1.98. The number of sulfone groups is 2. The summed E-state index contributed by atoms with van der Waals surface area (Å²) in [6, 6.07) is -0.201. The Morgan fingerprint density at radius 3 is 1.87 bits per heavy atom. The van der Waals surface area contributed by atoms with Gasteiger partial charge in [0.05, 0.1) is 16.8 Å². The molecule has 0 fully saturated rings. The summed E-state index contributed by atoms with van der Waals surface area (Å²) >= 11 is 0. The summed E-state index contributed by atoms with van der Waals surface area (Å²) in [6.07, 6.45) is 1.38. The van der Waals surface area contributed by atoms with Crippen molar-refractivity contribution in [2.75, 3.05) is 17.8 Å². The molecular formula is C8H19NO4S2. The lowest BCUT2D eigenvalue weighted by atomic mass is 10.2. The van der Waals surface area contributed by atoms with Crippen LogP contribution in [-0.4, -0.2) is 45.9 Å². The molecule has 2 unspecified atom stereocenters. The van der Waals surface area contributed by atoms with Crippen molar-refractivity contribution in [3.05, 3.63) is 0 Å². The van der Waals surface area contributed by atoms with E-state index < -0.39 is 24.9 Å². The lowest BCUT2D eigenvalue weighted by Gasteiger charge is -2.14. The second-order valence-electron chi connectivity index (χ2n) is 4.02. The predicted molar refractivity (Wildman–Crippen MR) is 61.2 cm³/mol. The molecule has 2 N–H and O–H groups in total. The van der Waals surface area contributed by atoms with Crippen LogP contribution in [0.25, 0.3) is 0 Å². The van der Waals surface area contributed by atoms with Crippen LogP contribution in [0.5, 0.6) is 0 Å². The van der Waals surface area contributed by atoms with E-state index in [0.717, 1.165) is 6.26 Å². The fraction of sp³-hybridized carbons (Fsp3) is 1.00. The summed E-state index contributed by atoms with van der Waals surface area (Å²) < 4.78 is 44.9. The first-order chi connectivity index (χ1) is 6.54. The minimum absolute atomic E-state index is 0.201. The van der Waals surface area contributed by atoms with Gasteiger partial charge < -0.3 is 5.73 Å². The van der Waals surface area contributed by atoms with E-state index in [-0.39, 0.29) is 17.5 Å². The van der Waals surface area contributed by atoms with Crippen molar-refractivity contribution in [1.29, 1.82) is 0 Å². The van der Waals surface area contributed by atoms with Crippen molar-refractivity contribution >= 4 is 19.7 Å². The third kappa shape index (κ3) is 6.86. The van der Waals surface area contributed by atoms with Crippen molar-refractivity contribution in [2.24, 2.45) is 5.73 Å². The van der Waals surface area contributed by atoms with Gasteiger partial charge in [-0.2, -0.15) is 0 Å². The molecule has 0 bridgehead atoms. The van der Waals surface area contributed by atoms with Crippen LogP contribution >= 0.6 is 0 Å². The van der Waals surface area contributed by atoms with Gasteiger partial charge in [0.2, 0.25) is 0 Å². The Labute approximate surface area is 91.9 Å². The van der Waals surface area contributed by atoms with Gasteiger partial charge in [0.25, 0.3) is 0 Å². The molecule has 0 saturated carbocycles. The van der Waals surface area contributed by atoms with Gasteiger partial charge in [0.15, 0.2) is 9.84 Å². The second kappa shape index (κ2) is 5.27. The molecule has 0 radical (unpaired) electrons. The first-order valence-corrected chi connectivity index (χ1v) is 8.47. The van der Waals surface area contributed by atoms with Crippen molar-refractivity contribution in [3.63, 3.8) is 0 Å². The quantitative estimate of drug-likeness (QED) is 0.697. The highest BCUT2D eigenvalue weighted by atomic mass is 32.2. The van der Waals surface area contributed by atoms with Gasteiger partial charge in [-0.05, 0) is 20.3 Å². The maximum atomic E-state index is 11.6. The molecule has 7 heteroatoms. The molecule has 0 aromatic heterocycles. The molecule has 0 heterocycles. The highest BCUT2D eigenvalue weighted by Crippen LogP contribution is 2.09. The van der Waals surface area contributed by atoms with Crippen LogP contribution in [0.15, 0.2) is 0 Å². The van der Waals surface area contributed by atoms with E-state index in [9.17, 15) is 16.8 Å². The first kappa shape index (κ1) is 14.9. The van der Waals surface area contributed by atoms with Gasteiger partial charge >= 0.3 is 0 Å². The fourth-order valence-electron chi connectivity index (χ4n) is 1.14. The molecule has 0 amide bonds. The number of nitrogens with two attached hydrogens (primary N) is 1.